The summed E-state index contributed by atoms with van der Waals surface area (Å²) in [6.45, 7) is 4.58. The molecule has 2 aromatic rings. The minimum atomic E-state index is 0.150. The van der Waals surface area contributed by atoms with Gasteiger partial charge in [-0.05, 0) is 37.5 Å². The van der Waals surface area contributed by atoms with E-state index in [0.29, 0.717) is 23.8 Å². The van der Waals surface area contributed by atoms with Gasteiger partial charge in [-0.15, -0.1) is 0 Å². The summed E-state index contributed by atoms with van der Waals surface area (Å²) in [4.78, 5) is 19.3. The van der Waals surface area contributed by atoms with Crippen LogP contribution in [0.15, 0.2) is 30.6 Å². The summed E-state index contributed by atoms with van der Waals surface area (Å²) in [5, 5.41) is 0. The second kappa shape index (κ2) is 8.25. The average Bonchev–Trinajstić information content (AvgIpc) is 3.16. The van der Waals surface area contributed by atoms with Gasteiger partial charge in [-0.25, -0.2) is 4.98 Å². The van der Waals surface area contributed by atoms with Gasteiger partial charge in [0.1, 0.15) is 5.82 Å². The molecule has 140 valence electrons. The number of aromatic nitrogens is 2. The number of amides is 1. The van der Waals surface area contributed by atoms with Crippen LogP contribution in [0.2, 0.25) is 0 Å². The SMILES string of the molecule is CCn1ccnc1[C@H]1CCCN(C(=O)Cc2ccc(OC)c(OC)c2)C1. The van der Waals surface area contributed by atoms with Crippen molar-refractivity contribution in [2.75, 3.05) is 27.3 Å². The Labute approximate surface area is 154 Å². The molecule has 3 rings (SSSR count). The highest BCUT2D eigenvalue weighted by atomic mass is 16.5. The van der Waals surface area contributed by atoms with Crippen molar-refractivity contribution in [2.24, 2.45) is 0 Å². The van der Waals surface area contributed by atoms with Gasteiger partial charge in [0, 0.05) is 37.9 Å². The normalized spacial score (nSPS) is 17.2. The lowest BCUT2D eigenvalue weighted by atomic mass is 9.96. The lowest BCUT2D eigenvalue weighted by Gasteiger charge is -2.32. The van der Waals surface area contributed by atoms with Crippen LogP contribution in [0.1, 0.15) is 37.1 Å². The first-order valence-electron chi connectivity index (χ1n) is 9.16. The van der Waals surface area contributed by atoms with E-state index in [1.54, 1.807) is 14.2 Å². The van der Waals surface area contributed by atoms with Gasteiger partial charge in [0.15, 0.2) is 11.5 Å². The second-order valence-electron chi connectivity index (χ2n) is 6.62. The number of piperidine rings is 1. The standard InChI is InChI=1S/C20H27N3O3/c1-4-22-11-9-21-20(22)16-6-5-10-23(14-16)19(24)13-15-7-8-17(25-2)18(12-15)26-3/h7-9,11-12,16H,4-6,10,13-14H2,1-3H3/t16-/m0/s1. The van der Waals surface area contributed by atoms with E-state index in [-0.39, 0.29) is 5.91 Å². The molecule has 6 heteroatoms. The molecule has 0 spiro atoms. The predicted molar refractivity (Wildman–Crippen MR) is 99.7 cm³/mol. The van der Waals surface area contributed by atoms with Gasteiger partial charge in [-0.3, -0.25) is 4.79 Å². The molecule has 6 nitrogen and oxygen atoms in total. The van der Waals surface area contributed by atoms with Gasteiger partial charge in [0.25, 0.3) is 0 Å². The van der Waals surface area contributed by atoms with Crippen molar-refractivity contribution in [1.29, 1.82) is 0 Å². The van der Waals surface area contributed by atoms with Crippen molar-refractivity contribution in [3.05, 3.63) is 42.0 Å². The van der Waals surface area contributed by atoms with Crippen LogP contribution >= 0.6 is 0 Å². The smallest absolute Gasteiger partial charge is 0.227 e. The topological polar surface area (TPSA) is 56.6 Å². The fourth-order valence-corrected chi connectivity index (χ4v) is 3.64. The molecule has 1 aromatic heterocycles. The number of aryl methyl sites for hydroxylation is 1. The van der Waals surface area contributed by atoms with Crippen molar-refractivity contribution in [2.45, 2.75) is 38.6 Å². The molecule has 0 N–H and O–H groups in total. The van der Waals surface area contributed by atoms with E-state index in [2.05, 4.69) is 16.5 Å². The molecular formula is C20H27N3O3. The van der Waals surface area contributed by atoms with Crippen LogP contribution in [0.3, 0.4) is 0 Å². The number of benzene rings is 1. The van der Waals surface area contributed by atoms with Crippen LogP contribution in [0.4, 0.5) is 0 Å². The fourth-order valence-electron chi connectivity index (χ4n) is 3.64. The molecule has 1 saturated heterocycles. The van der Waals surface area contributed by atoms with Gasteiger partial charge in [-0.1, -0.05) is 6.07 Å². The molecule has 1 aliphatic heterocycles. The predicted octanol–water partition coefficient (Wildman–Crippen LogP) is 2.87. The first-order chi connectivity index (χ1) is 12.7. The quantitative estimate of drug-likeness (QED) is 0.798. The van der Waals surface area contributed by atoms with E-state index in [0.717, 1.165) is 43.9 Å². The molecule has 1 atom stereocenters. The van der Waals surface area contributed by atoms with Crippen molar-refractivity contribution in [1.82, 2.24) is 14.5 Å². The maximum atomic E-state index is 12.8. The zero-order valence-corrected chi connectivity index (χ0v) is 15.8. The second-order valence-corrected chi connectivity index (χ2v) is 6.62. The Hall–Kier alpha value is -2.50. The van der Waals surface area contributed by atoms with E-state index in [9.17, 15) is 4.79 Å². The molecule has 0 saturated carbocycles. The summed E-state index contributed by atoms with van der Waals surface area (Å²) in [5.74, 6) is 2.88. The maximum absolute atomic E-state index is 12.8. The van der Waals surface area contributed by atoms with E-state index in [4.69, 9.17) is 9.47 Å². The molecule has 1 fully saturated rings. The zero-order valence-electron chi connectivity index (χ0n) is 15.8. The number of imidazole rings is 1. The Kier molecular flexibility index (Phi) is 5.81. The van der Waals surface area contributed by atoms with Crippen LogP contribution in [0.5, 0.6) is 11.5 Å². The van der Waals surface area contributed by atoms with Crippen LogP contribution in [-0.2, 0) is 17.8 Å². The van der Waals surface area contributed by atoms with Gasteiger partial charge in [-0.2, -0.15) is 0 Å². The average molecular weight is 357 g/mol. The molecule has 0 aliphatic carbocycles. The Morgan fingerprint density at radius 3 is 2.81 bits per heavy atom. The monoisotopic (exact) mass is 357 g/mol. The number of likely N-dealkylation sites (tertiary alicyclic amines) is 1. The molecule has 1 aliphatic rings. The maximum Gasteiger partial charge on any atom is 0.227 e. The number of hydrogen-bond acceptors (Lipinski definition) is 4. The first kappa shape index (κ1) is 18.3. The van der Waals surface area contributed by atoms with Gasteiger partial charge >= 0.3 is 0 Å². The zero-order chi connectivity index (χ0) is 18.5. The van der Waals surface area contributed by atoms with Gasteiger partial charge in [0.2, 0.25) is 5.91 Å². The first-order valence-corrected chi connectivity index (χ1v) is 9.16. The molecule has 1 aromatic carbocycles. The summed E-state index contributed by atoms with van der Waals surface area (Å²) in [7, 11) is 3.21. The Bertz CT molecular complexity index is 757. The summed E-state index contributed by atoms with van der Waals surface area (Å²) in [6.07, 6.45) is 6.33. The van der Waals surface area contributed by atoms with Crippen LogP contribution in [0, 0.1) is 0 Å². The van der Waals surface area contributed by atoms with Crippen molar-refractivity contribution >= 4 is 5.91 Å². The van der Waals surface area contributed by atoms with E-state index >= 15 is 0 Å². The summed E-state index contributed by atoms with van der Waals surface area (Å²) >= 11 is 0. The number of carbonyl (C=O) groups is 1. The molecule has 0 unspecified atom stereocenters. The highest BCUT2D eigenvalue weighted by Gasteiger charge is 2.27. The molecule has 2 heterocycles. The number of carbonyl (C=O) groups excluding carboxylic acids is 1. The highest BCUT2D eigenvalue weighted by molar-refractivity contribution is 5.79. The van der Waals surface area contributed by atoms with Gasteiger partial charge < -0.3 is 18.9 Å². The fraction of sp³-hybridized carbons (Fsp3) is 0.500. The summed E-state index contributed by atoms with van der Waals surface area (Å²) in [6, 6.07) is 5.64. The number of nitrogens with zero attached hydrogens (tertiary/aromatic N) is 3. The number of hydrogen-bond donors (Lipinski definition) is 0. The molecule has 0 bridgehead atoms. The Morgan fingerprint density at radius 1 is 1.27 bits per heavy atom. The third-order valence-electron chi connectivity index (χ3n) is 5.03. The van der Waals surface area contributed by atoms with Gasteiger partial charge in [0.05, 0.1) is 20.6 Å². The third kappa shape index (κ3) is 3.84. The third-order valence-corrected chi connectivity index (χ3v) is 5.03. The molecule has 26 heavy (non-hydrogen) atoms. The molecular weight excluding hydrogens is 330 g/mol. The van der Waals surface area contributed by atoms with Crippen LogP contribution in [0.25, 0.3) is 0 Å². The van der Waals surface area contributed by atoms with Crippen molar-refractivity contribution < 1.29 is 14.3 Å². The number of methoxy groups -OCH3 is 2. The van der Waals surface area contributed by atoms with Crippen molar-refractivity contribution in [3.8, 4) is 11.5 Å². The molecule has 1 amide bonds. The minimum absolute atomic E-state index is 0.150. The number of ether oxygens (including phenoxy) is 2. The molecule has 0 radical (unpaired) electrons. The van der Waals surface area contributed by atoms with E-state index in [1.807, 2.05) is 35.5 Å². The minimum Gasteiger partial charge on any atom is -0.493 e. The summed E-state index contributed by atoms with van der Waals surface area (Å²) < 4.78 is 12.8. The van der Waals surface area contributed by atoms with Crippen LogP contribution < -0.4 is 9.47 Å². The van der Waals surface area contributed by atoms with E-state index in [1.165, 1.54) is 0 Å². The lowest BCUT2D eigenvalue weighted by Crippen LogP contribution is -2.40. The largest absolute Gasteiger partial charge is 0.493 e. The highest BCUT2D eigenvalue weighted by Crippen LogP contribution is 2.29. The Balaban J connectivity index is 1.68. The Morgan fingerprint density at radius 2 is 2.08 bits per heavy atom. The van der Waals surface area contributed by atoms with E-state index < -0.39 is 0 Å². The lowest BCUT2D eigenvalue weighted by molar-refractivity contribution is -0.131. The summed E-state index contributed by atoms with van der Waals surface area (Å²) in [5.41, 5.74) is 0.935. The number of rotatable bonds is 6. The van der Waals surface area contributed by atoms with Crippen molar-refractivity contribution in [3.63, 3.8) is 0 Å². The van der Waals surface area contributed by atoms with Crippen LogP contribution in [-0.4, -0.2) is 47.7 Å².